The zero-order valence-electron chi connectivity index (χ0n) is 16.2. The van der Waals surface area contributed by atoms with E-state index in [1.54, 1.807) is 0 Å². The van der Waals surface area contributed by atoms with E-state index >= 15 is 0 Å². The summed E-state index contributed by atoms with van der Waals surface area (Å²) in [5.74, 6) is 2.99. The second-order valence-electron chi connectivity index (χ2n) is 7.08. The topological polar surface area (TPSA) is 69.5 Å². The molecule has 2 aliphatic heterocycles. The first-order chi connectivity index (χ1) is 13.7. The zero-order chi connectivity index (χ0) is 19.3. The van der Waals surface area contributed by atoms with E-state index < -0.39 is 0 Å². The Morgan fingerprint density at radius 3 is 2.96 bits per heavy atom. The summed E-state index contributed by atoms with van der Waals surface area (Å²) in [6, 6.07) is 7.64. The van der Waals surface area contributed by atoms with Gasteiger partial charge in [-0.1, -0.05) is 30.3 Å². The number of benzene rings is 1. The number of likely N-dealkylation sites (N-methyl/N-ethyl adjacent to an activating group) is 1. The van der Waals surface area contributed by atoms with Crippen molar-refractivity contribution in [2.75, 3.05) is 25.4 Å². The molecule has 8 heteroatoms. The Bertz CT molecular complexity index is 826. The van der Waals surface area contributed by atoms with Gasteiger partial charge in [0.2, 0.25) is 5.91 Å². The van der Waals surface area contributed by atoms with Gasteiger partial charge in [-0.2, -0.15) is 0 Å². The number of amides is 1. The van der Waals surface area contributed by atoms with Gasteiger partial charge in [0.25, 0.3) is 0 Å². The Balaban J connectivity index is 1.33. The molecule has 1 atom stereocenters. The van der Waals surface area contributed by atoms with E-state index in [-0.39, 0.29) is 12.0 Å². The second-order valence-corrected chi connectivity index (χ2v) is 8.02. The fraction of sp³-hybridized carbons (Fsp3) is 0.550. The number of aromatic nitrogens is 3. The number of carbonyl (C=O) groups is 1. The van der Waals surface area contributed by atoms with E-state index in [9.17, 15) is 4.79 Å². The molecular weight excluding hydrogens is 376 g/mol. The number of nitrogens with zero attached hydrogens (tertiary/aromatic N) is 4. The van der Waals surface area contributed by atoms with Gasteiger partial charge in [0.1, 0.15) is 12.4 Å². The van der Waals surface area contributed by atoms with Crippen LogP contribution in [0.5, 0.6) is 11.5 Å². The summed E-state index contributed by atoms with van der Waals surface area (Å²) in [5.41, 5.74) is 0. The minimum absolute atomic E-state index is 0.0842. The average Bonchev–Trinajstić information content (AvgIpc) is 2.96. The molecule has 2 aliphatic rings. The molecule has 1 amide bonds. The smallest absolute Gasteiger partial charge is 0.233 e. The van der Waals surface area contributed by atoms with E-state index in [1.165, 1.54) is 18.2 Å². The molecule has 0 aliphatic carbocycles. The Morgan fingerprint density at radius 1 is 1.25 bits per heavy atom. The number of rotatable bonds is 6. The Labute approximate surface area is 169 Å². The minimum atomic E-state index is -0.159. The highest BCUT2D eigenvalue weighted by molar-refractivity contribution is 7.99. The number of aryl methyl sites for hydroxylation is 1. The largest absolute Gasteiger partial charge is 0.486 e. The van der Waals surface area contributed by atoms with Crippen molar-refractivity contribution in [3.05, 3.63) is 30.1 Å². The fourth-order valence-corrected chi connectivity index (χ4v) is 4.48. The van der Waals surface area contributed by atoms with Gasteiger partial charge >= 0.3 is 0 Å². The van der Waals surface area contributed by atoms with Gasteiger partial charge in [-0.3, -0.25) is 4.79 Å². The predicted molar refractivity (Wildman–Crippen MR) is 107 cm³/mol. The number of carbonyl (C=O) groups excluding carboxylic acids is 1. The molecule has 0 spiro atoms. The van der Waals surface area contributed by atoms with Crippen molar-refractivity contribution < 1.29 is 14.3 Å². The number of ether oxygens (including phenoxy) is 2. The van der Waals surface area contributed by atoms with Crippen molar-refractivity contribution in [3.63, 3.8) is 0 Å². The molecule has 0 fully saturated rings. The number of para-hydroxylation sites is 2. The summed E-state index contributed by atoms with van der Waals surface area (Å²) >= 11 is 1.48. The van der Waals surface area contributed by atoms with Crippen LogP contribution in [0.4, 0.5) is 0 Å². The third-order valence-corrected chi connectivity index (χ3v) is 6.08. The lowest BCUT2D eigenvalue weighted by atomic mass is 10.2. The van der Waals surface area contributed by atoms with Crippen LogP contribution in [-0.4, -0.2) is 57.1 Å². The number of hydrogen-bond donors (Lipinski definition) is 0. The number of thioether (sulfide) groups is 1. The van der Waals surface area contributed by atoms with Crippen LogP contribution in [0, 0.1) is 0 Å². The van der Waals surface area contributed by atoms with Crippen LogP contribution in [0.1, 0.15) is 32.0 Å². The number of hydrogen-bond acceptors (Lipinski definition) is 6. The van der Waals surface area contributed by atoms with Crippen molar-refractivity contribution in [1.29, 1.82) is 0 Å². The van der Waals surface area contributed by atoms with E-state index in [1.807, 2.05) is 36.1 Å². The average molecular weight is 403 g/mol. The van der Waals surface area contributed by atoms with E-state index in [0.717, 1.165) is 48.3 Å². The highest BCUT2D eigenvalue weighted by Crippen LogP contribution is 2.31. The molecule has 0 saturated carbocycles. The third kappa shape index (κ3) is 4.27. The molecule has 1 aromatic heterocycles. The van der Waals surface area contributed by atoms with Crippen molar-refractivity contribution in [2.24, 2.45) is 0 Å². The van der Waals surface area contributed by atoms with Crippen molar-refractivity contribution >= 4 is 17.7 Å². The molecule has 28 heavy (non-hydrogen) atoms. The molecule has 0 radical (unpaired) electrons. The first kappa shape index (κ1) is 19.1. The quantitative estimate of drug-likeness (QED) is 0.692. The normalized spacial score (nSPS) is 18.2. The molecule has 1 aromatic carbocycles. The summed E-state index contributed by atoms with van der Waals surface area (Å²) in [5, 5.41) is 9.46. The van der Waals surface area contributed by atoms with Crippen LogP contribution in [0.3, 0.4) is 0 Å². The lowest BCUT2D eigenvalue weighted by molar-refractivity contribution is -0.129. The van der Waals surface area contributed by atoms with Gasteiger partial charge in [0.05, 0.1) is 12.3 Å². The van der Waals surface area contributed by atoms with Crippen LogP contribution in [0.2, 0.25) is 0 Å². The third-order valence-electron chi connectivity index (χ3n) is 5.13. The summed E-state index contributed by atoms with van der Waals surface area (Å²) in [4.78, 5) is 14.6. The Hall–Kier alpha value is -2.22. The van der Waals surface area contributed by atoms with Gasteiger partial charge < -0.3 is 18.9 Å². The molecule has 150 valence electrons. The van der Waals surface area contributed by atoms with Crippen LogP contribution in [-0.2, 0) is 17.8 Å². The van der Waals surface area contributed by atoms with Crippen molar-refractivity contribution in [2.45, 2.75) is 50.4 Å². The van der Waals surface area contributed by atoms with Crippen molar-refractivity contribution in [1.82, 2.24) is 19.7 Å². The van der Waals surface area contributed by atoms with Gasteiger partial charge in [-0.15, -0.1) is 10.2 Å². The van der Waals surface area contributed by atoms with Crippen LogP contribution in [0.15, 0.2) is 29.4 Å². The maximum atomic E-state index is 12.8. The van der Waals surface area contributed by atoms with Gasteiger partial charge in [0, 0.05) is 19.5 Å². The zero-order valence-corrected chi connectivity index (χ0v) is 17.0. The van der Waals surface area contributed by atoms with Crippen LogP contribution >= 0.6 is 11.8 Å². The van der Waals surface area contributed by atoms with Gasteiger partial charge in [0.15, 0.2) is 22.8 Å². The molecule has 0 N–H and O–H groups in total. The lowest BCUT2D eigenvalue weighted by Crippen LogP contribution is -2.44. The fourth-order valence-electron chi connectivity index (χ4n) is 3.59. The Morgan fingerprint density at radius 2 is 2.11 bits per heavy atom. The molecule has 0 unspecified atom stereocenters. The highest BCUT2D eigenvalue weighted by atomic mass is 32.2. The predicted octanol–water partition coefficient (Wildman–Crippen LogP) is 2.79. The van der Waals surface area contributed by atoms with E-state index in [4.69, 9.17) is 9.47 Å². The van der Waals surface area contributed by atoms with Gasteiger partial charge in [-0.25, -0.2) is 0 Å². The first-order valence-corrected chi connectivity index (χ1v) is 10.9. The maximum absolute atomic E-state index is 12.8. The first-order valence-electron chi connectivity index (χ1n) is 9.95. The molecule has 0 bridgehead atoms. The maximum Gasteiger partial charge on any atom is 0.233 e. The summed E-state index contributed by atoms with van der Waals surface area (Å²) < 4.78 is 13.9. The molecule has 0 saturated heterocycles. The van der Waals surface area contributed by atoms with Crippen molar-refractivity contribution in [3.8, 4) is 11.5 Å². The summed E-state index contributed by atoms with van der Waals surface area (Å²) in [6.45, 7) is 4.54. The summed E-state index contributed by atoms with van der Waals surface area (Å²) in [6.07, 6.45) is 4.35. The van der Waals surface area contributed by atoms with Gasteiger partial charge in [-0.05, 0) is 31.9 Å². The standard InChI is InChI=1S/C20H26N4O3S/c1-2-23(12-15-13-26-16-8-5-6-9-17(16)27-15)19(25)14-28-20-22-21-18-10-4-3-7-11-24(18)20/h5-6,8-9,15H,2-4,7,10-14H2,1H3/t15-/m0/s1. The SMILES string of the molecule is CCN(C[C@H]1COc2ccccc2O1)C(=O)CSc1nnc2n1CCCCC2. The van der Waals surface area contributed by atoms with Crippen LogP contribution < -0.4 is 9.47 Å². The summed E-state index contributed by atoms with van der Waals surface area (Å²) in [7, 11) is 0. The molecule has 7 nitrogen and oxygen atoms in total. The molecule has 4 rings (SSSR count). The molecule has 3 heterocycles. The van der Waals surface area contributed by atoms with E-state index in [2.05, 4.69) is 14.8 Å². The molecular formula is C20H26N4O3S. The highest BCUT2D eigenvalue weighted by Gasteiger charge is 2.25. The van der Waals surface area contributed by atoms with E-state index in [0.29, 0.717) is 25.4 Å². The number of fused-ring (bicyclic) bond motifs is 2. The van der Waals surface area contributed by atoms with Crippen LogP contribution in [0.25, 0.3) is 0 Å². The lowest BCUT2D eigenvalue weighted by Gasteiger charge is -2.30. The molecule has 2 aromatic rings. The Kier molecular flexibility index (Phi) is 6.04. The monoisotopic (exact) mass is 402 g/mol. The second kappa shape index (κ2) is 8.86. The minimum Gasteiger partial charge on any atom is -0.486 e.